The minimum Gasteiger partial charge on any atom is -0.497 e. The summed E-state index contributed by atoms with van der Waals surface area (Å²) in [5.41, 5.74) is -0.0515. The Labute approximate surface area is 79.9 Å². The van der Waals surface area contributed by atoms with E-state index in [9.17, 15) is 4.39 Å². The maximum atomic E-state index is 12.8. The highest BCUT2D eigenvalue weighted by atomic mass is 35.5. The molecule has 0 unspecified atom stereocenters. The van der Waals surface area contributed by atoms with Crippen molar-refractivity contribution >= 4 is 24.2 Å². The number of hydrogen-bond acceptors (Lipinski definition) is 3. The molecular weight excluding hydrogens is 197 g/mol. The van der Waals surface area contributed by atoms with Gasteiger partial charge in [0.1, 0.15) is 11.6 Å². The molecule has 0 spiro atoms. The summed E-state index contributed by atoms with van der Waals surface area (Å²) in [6.45, 7) is 0. The Kier molecular flexibility index (Phi) is 3.14. The van der Waals surface area contributed by atoms with Gasteiger partial charge in [-0.2, -0.15) is 0 Å². The van der Waals surface area contributed by atoms with Crippen molar-refractivity contribution in [3.63, 3.8) is 0 Å². The molecule has 0 aliphatic rings. The van der Waals surface area contributed by atoms with Crippen LogP contribution in [0.5, 0.6) is 5.75 Å². The molecule has 0 radical (unpaired) electrons. The van der Waals surface area contributed by atoms with Crippen molar-refractivity contribution in [1.29, 1.82) is 0 Å². The van der Waals surface area contributed by atoms with Crippen molar-refractivity contribution in [2.24, 2.45) is 0 Å². The molecule has 0 amide bonds. The molecule has 13 heavy (non-hydrogen) atoms. The summed E-state index contributed by atoms with van der Waals surface area (Å²) in [6, 6.07) is 2.11. The molecular formula is C7H7BClFO3. The van der Waals surface area contributed by atoms with E-state index in [2.05, 4.69) is 0 Å². The van der Waals surface area contributed by atoms with Gasteiger partial charge in [0, 0.05) is 11.5 Å². The lowest BCUT2D eigenvalue weighted by Crippen LogP contribution is -2.31. The van der Waals surface area contributed by atoms with Crippen LogP contribution in [0, 0.1) is 5.82 Å². The second kappa shape index (κ2) is 3.96. The monoisotopic (exact) mass is 204 g/mol. The van der Waals surface area contributed by atoms with E-state index in [1.54, 1.807) is 0 Å². The first kappa shape index (κ1) is 10.3. The van der Waals surface area contributed by atoms with Gasteiger partial charge in [0.25, 0.3) is 0 Å². The van der Waals surface area contributed by atoms with Gasteiger partial charge in [0.05, 0.1) is 12.1 Å². The highest BCUT2D eigenvalue weighted by Crippen LogP contribution is 2.19. The summed E-state index contributed by atoms with van der Waals surface area (Å²) in [5, 5.41) is 17.5. The molecule has 0 saturated heterocycles. The van der Waals surface area contributed by atoms with Crippen molar-refractivity contribution in [1.82, 2.24) is 0 Å². The normalized spacial score (nSPS) is 9.92. The second-order valence-electron chi connectivity index (χ2n) is 2.38. The molecule has 1 aromatic rings. The molecule has 1 aromatic carbocycles. The van der Waals surface area contributed by atoms with Gasteiger partial charge in [-0.1, -0.05) is 11.6 Å². The van der Waals surface area contributed by atoms with Gasteiger partial charge in [0.2, 0.25) is 0 Å². The van der Waals surface area contributed by atoms with Crippen LogP contribution in [-0.2, 0) is 0 Å². The Morgan fingerprint density at radius 2 is 2.08 bits per heavy atom. The third-order valence-corrected chi connectivity index (χ3v) is 1.84. The fourth-order valence-corrected chi connectivity index (χ4v) is 1.08. The van der Waals surface area contributed by atoms with Gasteiger partial charge in [-0.05, 0) is 6.07 Å². The molecule has 2 N–H and O–H groups in total. The van der Waals surface area contributed by atoms with Crippen LogP contribution in [0.15, 0.2) is 12.1 Å². The fourth-order valence-electron chi connectivity index (χ4n) is 0.923. The fraction of sp³-hybridized carbons (Fsp3) is 0.143. The molecule has 1 rings (SSSR count). The van der Waals surface area contributed by atoms with Crippen LogP contribution in [0.3, 0.4) is 0 Å². The standard InChI is InChI=1S/C7H7BClFO3/c1-13-7-3-5(9)6(10)2-4(7)8(11)12/h2-3,11-12H,1H3. The second-order valence-corrected chi connectivity index (χ2v) is 2.79. The molecule has 6 heteroatoms. The number of ether oxygens (including phenoxy) is 1. The molecule has 0 fully saturated rings. The molecule has 0 aliphatic carbocycles. The van der Waals surface area contributed by atoms with E-state index < -0.39 is 12.9 Å². The third-order valence-electron chi connectivity index (χ3n) is 1.55. The van der Waals surface area contributed by atoms with Crippen LogP contribution in [-0.4, -0.2) is 24.3 Å². The average Bonchev–Trinajstić information content (AvgIpc) is 2.08. The minimum absolute atomic E-state index is 0.0515. The van der Waals surface area contributed by atoms with Crippen molar-refractivity contribution in [2.45, 2.75) is 0 Å². The number of halogens is 2. The maximum absolute atomic E-state index is 12.8. The predicted octanol–water partition coefficient (Wildman–Crippen LogP) is 0.167. The number of methoxy groups -OCH3 is 1. The van der Waals surface area contributed by atoms with E-state index in [0.29, 0.717) is 0 Å². The maximum Gasteiger partial charge on any atom is 0.492 e. The summed E-state index contributed by atoms with van der Waals surface area (Å²) >= 11 is 5.45. The van der Waals surface area contributed by atoms with E-state index in [4.69, 9.17) is 26.4 Å². The lowest BCUT2D eigenvalue weighted by Gasteiger charge is -2.08. The van der Waals surface area contributed by atoms with Crippen molar-refractivity contribution in [2.75, 3.05) is 7.11 Å². The summed E-state index contributed by atoms with van der Waals surface area (Å²) in [6.07, 6.45) is 0. The van der Waals surface area contributed by atoms with Gasteiger partial charge in [-0.25, -0.2) is 4.39 Å². The summed E-state index contributed by atoms with van der Waals surface area (Å²) in [4.78, 5) is 0. The van der Waals surface area contributed by atoms with Crippen molar-refractivity contribution in [3.8, 4) is 5.75 Å². The van der Waals surface area contributed by atoms with E-state index in [1.807, 2.05) is 0 Å². The van der Waals surface area contributed by atoms with E-state index in [1.165, 1.54) is 13.2 Å². The first-order valence-electron chi connectivity index (χ1n) is 3.45. The van der Waals surface area contributed by atoms with Gasteiger partial charge >= 0.3 is 7.12 Å². The van der Waals surface area contributed by atoms with Crippen LogP contribution in [0.2, 0.25) is 5.02 Å². The SMILES string of the molecule is COc1cc(Cl)c(F)cc1B(O)O. The van der Waals surface area contributed by atoms with Crippen molar-refractivity contribution < 1.29 is 19.2 Å². The van der Waals surface area contributed by atoms with E-state index >= 15 is 0 Å². The molecule has 0 atom stereocenters. The lowest BCUT2D eigenvalue weighted by molar-refractivity contribution is 0.402. The zero-order valence-electron chi connectivity index (χ0n) is 6.79. The zero-order chi connectivity index (χ0) is 10.0. The Balaban J connectivity index is 3.25. The van der Waals surface area contributed by atoms with Gasteiger partial charge in [0.15, 0.2) is 0 Å². The Hall–Kier alpha value is -0.775. The number of benzene rings is 1. The topological polar surface area (TPSA) is 49.7 Å². The third kappa shape index (κ3) is 2.12. The molecule has 3 nitrogen and oxygen atoms in total. The zero-order valence-corrected chi connectivity index (χ0v) is 7.55. The lowest BCUT2D eigenvalue weighted by atomic mass is 9.79. The minimum atomic E-state index is -1.78. The van der Waals surface area contributed by atoms with Crippen LogP contribution >= 0.6 is 11.6 Å². The molecule has 70 valence electrons. The highest BCUT2D eigenvalue weighted by molar-refractivity contribution is 6.59. The largest absolute Gasteiger partial charge is 0.497 e. The molecule has 0 heterocycles. The highest BCUT2D eigenvalue weighted by Gasteiger charge is 2.19. The van der Waals surface area contributed by atoms with Crippen LogP contribution < -0.4 is 10.2 Å². The molecule has 0 saturated carbocycles. The van der Waals surface area contributed by atoms with Gasteiger partial charge in [-0.15, -0.1) is 0 Å². The van der Waals surface area contributed by atoms with Crippen LogP contribution in [0.4, 0.5) is 4.39 Å². The molecule has 0 bridgehead atoms. The predicted molar refractivity (Wildman–Crippen MR) is 47.8 cm³/mol. The average molecular weight is 204 g/mol. The Morgan fingerprint density at radius 1 is 1.46 bits per heavy atom. The van der Waals surface area contributed by atoms with Crippen molar-refractivity contribution in [3.05, 3.63) is 23.0 Å². The quantitative estimate of drug-likeness (QED) is 0.675. The molecule has 0 aromatic heterocycles. The Morgan fingerprint density at radius 3 is 2.54 bits per heavy atom. The summed E-state index contributed by atoms with van der Waals surface area (Å²) < 4.78 is 17.6. The molecule has 0 aliphatic heterocycles. The van der Waals surface area contributed by atoms with Crippen LogP contribution in [0.1, 0.15) is 0 Å². The van der Waals surface area contributed by atoms with Gasteiger partial charge in [-0.3, -0.25) is 0 Å². The van der Waals surface area contributed by atoms with E-state index in [0.717, 1.165) is 6.07 Å². The van der Waals surface area contributed by atoms with Gasteiger partial charge < -0.3 is 14.8 Å². The smallest absolute Gasteiger partial charge is 0.492 e. The number of hydrogen-bond donors (Lipinski definition) is 2. The summed E-state index contributed by atoms with van der Waals surface area (Å²) in [7, 11) is -0.447. The van der Waals surface area contributed by atoms with Crippen LogP contribution in [0.25, 0.3) is 0 Å². The first-order valence-corrected chi connectivity index (χ1v) is 3.83. The van der Waals surface area contributed by atoms with E-state index in [-0.39, 0.29) is 16.2 Å². The number of rotatable bonds is 2. The Bertz CT molecular complexity index is 319. The summed E-state index contributed by atoms with van der Waals surface area (Å²) in [5.74, 6) is -0.577. The first-order chi connectivity index (χ1) is 6.06.